The lowest BCUT2D eigenvalue weighted by atomic mass is 9.93. The molecule has 37 atom stereocenters. The lowest BCUT2D eigenvalue weighted by Crippen LogP contribution is -2.71. The van der Waals surface area contributed by atoms with Gasteiger partial charge in [-0.2, -0.15) is 0 Å². The van der Waals surface area contributed by atoms with Crippen molar-refractivity contribution in [3.63, 3.8) is 0 Å². The van der Waals surface area contributed by atoms with Crippen LogP contribution in [0.25, 0.3) is 0 Å². The number of ether oxygens (including phenoxy) is 14. The molecule has 3 amide bonds. The summed E-state index contributed by atoms with van der Waals surface area (Å²) in [4.78, 5) is 40.0. The molecule has 0 radical (unpaired) electrons. The Bertz CT molecular complexity index is 3020. The molecule has 128 heavy (non-hydrogen) atoms. The molecule has 14 unspecified atom stereocenters. The van der Waals surface area contributed by atoms with Crippen LogP contribution < -0.4 is 16.0 Å². The van der Waals surface area contributed by atoms with Gasteiger partial charge in [0.2, 0.25) is 17.7 Å². The fourth-order valence-corrected chi connectivity index (χ4v) is 17.6. The molecular weight excluding hydrogens is 1690 g/mol. The molecular formula is C88H159N3O37. The van der Waals surface area contributed by atoms with Crippen LogP contribution >= 0.6 is 0 Å². The predicted molar refractivity (Wildman–Crippen MR) is 453 cm³/mol. The van der Waals surface area contributed by atoms with Gasteiger partial charge in [0.05, 0.1) is 64.5 Å². The number of rotatable bonds is 60. The van der Waals surface area contributed by atoms with Crippen molar-refractivity contribution in [2.45, 2.75) is 480 Å². The largest absolute Gasteiger partial charge is 0.394 e. The van der Waals surface area contributed by atoms with E-state index in [9.17, 15) is 117 Å². The number of allylic oxidation sites excluding steroid dienone is 1. The van der Waals surface area contributed by atoms with E-state index in [0.29, 0.717) is 12.8 Å². The molecule has 0 spiro atoms. The van der Waals surface area contributed by atoms with Gasteiger partial charge in [-0.1, -0.05) is 219 Å². The van der Waals surface area contributed by atoms with E-state index in [1.54, 1.807) is 6.08 Å². The van der Waals surface area contributed by atoms with E-state index >= 15 is 0 Å². The minimum atomic E-state index is -2.34. The van der Waals surface area contributed by atoms with Gasteiger partial charge in [0, 0.05) is 20.3 Å². The zero-order valence-corrected chi connectivity index (χ0v) is 75.4. The van der Waals surface area contributed by atoms with Crippen LogP contribution in [0, 0.1) is 0 Å². The Morgan fingerprint density at radius 3 is 1.07 bits per heavy atom. The average molecular weight is 1850 g/mol. The zero-order valence-electron chi connectivity index (χ0n) is 75.4. The van der Waals surface area contributed by atoms with E-state index in [4.69, 9.17) is 66.3 Å². The van der Waals surface area contributed by atoms with Crippen LogP contribution in [0.15, 0.2) is 12.2 Å². The molecule has 0 saturated carbocycles. The van der Waals surface area contributed by atoms with Crippen LogP contribution in [0.2, 0.25) is 0 Å². The highest BCUT2D eigenvalue weighted by Gasteiger charge is 2.60. The molecule has 40 heteroatoms. The Hall–Kier alpha value is -3.21. The Balaban J connectivity index is 0.988. The van der Waals surface area contributed by atoms with Gasteiger partial charge in [-0.3, -0.25) is 14.4 Å². The highest BCUT2D eigenvalue weighted by Crippen LogP contribution is 2.40. The van der Waals surface area contributed by atoms with Crippen molar-refractivity contribution in [2.75, 3.05) is 46.2 Å². The topological polar surface area (TPSA) is 621 Å². The lowest BCUT2D eigenvalue weighted by molar-refractivity contribution is -0.393. The second-order valence-corrected chi connectivity index (χ2v) is 35.6. The van der Waals surface area contributed by atoms with Crippen LogP contribution in [0.3, 0.4) is 0 Å². The first-order valence-electron chi connectivity index (χ1n) is 47.3. The molecule has 23 N–H and O–H groups in total. The number of nitrogens with one attached hydrogen (secondary N) is 3. The number of aliphatic hydroxyl groups is 20. The lowest BCUT2D eigenvalue weighted by Gasteiger charge is -2.52. The van der Waals surface area contributed by atoms with Crippen LogP contribution in [-0.2, 0) is 80.7 Å². The van der Waals surface area contributed by atoms with Gasteiger partial charge in [0.15, 0.2) is 44.0 Å². The first-order chi connectivity index (χ1) is 61.5. The molecule has 7 aliphatic rings. The minimum Gasteiger partial charge on any atom is -0.394 e. The van der Waals surface area contributed by atoms with Gasteiger partial charge in [0.1, 0.15) is 165 Å². The maximum Gasteiger partial charge on any atom is 0.220 e. The number of unbranched alkanes of at least 4 members (excludes halogenated alkanes) is 31. The van der Waals surface area contributed by atoms with Crippen molar-refractivity contribution >= 4 is 17.7 Å². The highest BCUT2D eigenvalue weighted by atomic mass is 16.8. The van der Waals surface area contributed by atoms with E-state index in [-0.39, 0.29) is 12.3 Å². The number of amides is 3. The Kier molecular flexibility index (Phi) is 52.2. The van der Waals surface area contributed by atoms with E-state index in [1.807, 2.05) is 6.08 Å². The molecule has 7 aliphatic heterocycles. The molecule has 7 fully saturated rings. The summed E-state index contributed by atoms with van der Waals surface area (Å²) < 4.78 is 84.1. The summed E-state index contributed by atoms with van der Waals surface area (Å²) >= 11 is 0. The molecule has 0 aliphatic carbocycles. The maximum absolute atomic E-state index is 13.6. The summed E-state index contributed by atoms with van der Waals surface area (Å²) in [5.41, 5.74) is 0. The molecule has 7 rings (SSSR count). The van der Waals surface area contributed by atoms with Gasteiger partial charge in [0.25, 0.3) is 0 Å². The predicted octanol–water partition coefficient (Wildman–Crippen LogP) is -1.23. The van der Waals surface area contributed by atoms with E-state index < -0.39 is 285 Å². The normalized spacial score (nSPS) is 37.7. The molecule has 7 saturated heterocycles. The first-order valence-corrected chi connectivity index (χ1v) is 47.3. The quantitative estimate of drug-likeness (QED) is 0.0250. The molecule has 7 heterocycles. The average Bonchev–Trinajstić information content (AvgIpc) is 0.763. The molecule has 0 bridgehead atoms. The summed E-state index contributed by atoms with van der Waals surface area (Å²) in [5.74, 6) is -2.16. The number of hydrogen-bond acceptors (Lipinski definition) is 37. The van der Waals surface area contributed by atoms with Crippen molar-refractivity contribution in [1.29, 1.82) is 0 Å². The minimum absolute atomic E-state index is 0.165. The fraction of sp³-hybridized carbons (Fsp3) is 0.943. The Morgan fingerprint density at radius 2 is 0.641 bits per heavy atom. The van der Waals surface area contributed by atoms with Crippen molar-refractivity contribution in [3.05, 3.63) is 12.2 Å². The van der Waals surface area contributed by atoms with Crippen molar-refractivity contribution in [1.82, 2.24) is 16.0 Å². The number of aliphatic hydroxyl groups excluding tert-OH is 20. The van der Waals surface area contributed by atoms with Gasteiger partial charge < -0.3 is 184 Å². The summed E-state index contributed by atoms with van der Waals surface area (Å²) in [6.45, 7) is 1.02. The third-order valence-corrected chi connectivity index (χ3v) is 25.3. The van der Waals surface area contributed by atoms with E-state index in [2.05, 4.69) is 29.8 Å². The molecule has 40 nitrogen and oxygen atoms in total. The molecule has 0 aromatic rings. The van der Waals surface area contributed by atoms with Gasteiger partial charge in [-0.25, -0.2) is 0 Å². The van der Waals surface area contributed by atoms with Crippen LogP contribution in [0.1, 0.15) is 253 Å². The molecule has 748 valence electrons. The van der Waals surface area contributed by atoms with Gasteiger partial charge >= 0.3 is 0 Å². The van der Waals surface area contributed by atoms with Gasteiger partial charge in [-0.05, 0) is 26.2 Å². The third-order valence-electron chi connectivity index (χ3n) is 25.3. The standard InChI is InChI=1S/C88H159N3O37/c1-6-8-10-12-14-16-18-20-21-22-23-24-25-26-27-29-31-33-35-37-39-41-60(101)91-52(53(100)40-38-36-34-32-30-28-19-17-15-13-11-9-7-2)48-115-84-73(112)70(109)77(58(46-96)122-84)124-88-74(113)80(65(104)55(43-93)119-88)127-82-61(89-50(4)98)67(106)76(57(45-95)120-82)123-87-75(114)81(66(105)56(44-94)118-87)128-83-62(90-51(5)99)79(126-85-71(110)68(107)63(102)49(3)116-85)78(59(47-97)121-83)125-86-72(111)69(108)64(103)54(42-92)117-86/h38,40,49,52-59,61-88,92-97,100,102-114H,6-37,39,41-48H2,1-5H3,(H,89,98)(H,90,99)(H,91,101)/b40-38+/t49?,52-,53+,54?,55?,56?,57?,58?,59?,61?,62?,63+,64-,65-,66-,67+,68?,69-,70+,71-,72?,73?,74?,75?,76+,77+,78+,79+,80-,81-,82-,83-,84+,85+,86-,87-,88-/m0/s1. The second kappa shape index (κ2) is 59.7. The summed E-state index contributed by atoms with van der Waals surface area (Å²) in [5, 5.41) is 232. The summed E-state index contributed by atoms with van der Waals surface area (Å²) in [7, 11) is 0. The molecule has 0 aromatic carbocycles. The highest BCUT2D eigenvalue weighted by molar-refractivity contribution is 5.76. The SMILES string of the molecule is CCCCCCCCCCCCC/C=C/[C@@H](O)[C@H](CO[C@@H]1OC(CO)[C@@H](O[C@@H]2OC(CO)[C@H](O)[C@H](O[C@@H]3OC(CO)[C@@H](O[C@@H]4OC(CO)[C@H](O)[C@H](O[C@@H]5OC(CO)[C@@H](O[C@@H]6OC(CO)[C@H](O)[C@H](O)C6O)[C@H](O[C@H]6OC(C)[C@@H](O)C(O)[C@@H]6O)C5NC(C)=O)C4O)[C@H](O)C3NC(C)=O)C2O)[C@H](O)C1O)NC(=O)CCCCCCCCCCCCCCCCCCCCCCC. The first kappa shape index (κ1) is 112. The van der Waals surface area contributed by atoms with Crippen LogP contribution in [0.4, 0.5) is 0 Å². The van der Waals surface area contributed by atoms with E-state index in [1.165, 1.54) is 155 Å². The van der Waals surface area contributed by atoms with Crippen molar-refractivity contribution < 1.29 is 183 Å². The second-order valence-electron chi connectivity index (χ2n) is 35.6. The zero-order chi connectivity index (χ0) is 93.5. The van der Waals surface area contributed by atoms with Crippen LogP contribution in [-0.4, -0.2) is 393 Å². The summed E-state index contributed by atoms with van der Waals surface area (Å²) in [6.07, 6.45) is -23.2. The van der Waals surface area contributed by atoms with Crippen molar-refractivity contribution in [2.24, 2.45) is 0 Å². The molecule has 0 aromatic heterocycles. The van der Waals surface area contributed by atoms with Crippen LogP contribution in [0.5, 0.6) is 0 Å². The third kappa shape index (κ3) is 33.9. The van der Waals surface area contributed by atoms with Gasteiger partial charge in [-0.15, -0.1) is 0 Å². The number of carbonyl (C=O) groups is 3. The fourth-order valence-electron chi connectivity index (χ4n) is 17.6. The maximum atomic E-state index is 13.6. The van der Waals surface area contributed by atoms with Crippen molar-refractivity contribution in [3.8, 4) is 0 Å². The number of carbonyl (C=O) groups excluding carboxylic acids is 3. The number of hydrogen-bond donors (Lipinski definition) is 23. The Labute approximate surface area is 751 Å². The summed E-state index contributed by atoms with van der Waals surface area (Å²) in [6, 6.07) is -4.85. The monoisotopic (exact) mass is 1850 g/mol. The van der Waals surface area contributed by atoms with E-state index in [0.717, 1.165) is 65.2 Å². The Morgan fingerprint density at radius 1 is 0.320 bits per heavy atom. The smallest absolute Gasteiger partial charge is 0.220 e.